The second kappa shape index (κ2) is 9.39. The Morgan fingerprint density at radius 1 is 0.933 bits per heavy atom. The van der Waals surface area contributed by atoms with Crippen LogP contribution in [0.1, 0.15) is 66.3 Å². The number of piperidine rings is 1. The van der Waals surface area contributed by atoms with E-state index in [-0.39, 0.29) is 22.3 Å². The van der Waals surface area contributed by atoms with Gasteiger partial charge in [0.05, 0.1) is 11.3 Å². The van der Waals surface area contributed by atoms with E-state index in [4.69, 9.17) is 12.2 Å². The number of rotatable bonds is 3. The van der Waals surface area contributed by atoms with Crippen LogP contribution >= 0.6 is 12.2 Å². The van der Waals surface area contributed by atoms with E-state index < -0.39 is 0 Å². The third-order valence-corrected chi connectivity index (χ3v) is 5.49. The standard InChI is InChI=1S/C24H29N3O2S/c1-24(2,3)18-13-11-17(12-14-18)21(28)26-23(30)25-20-10-6-5-9-19(20)22(29)27-15-7-4-8-16-27/h5-6,9-14H,4,7-8,15-16H2,1-3H3,(H2,25,26,28,30). The number of anilines is 1. The van der Waals surface area contributed by atoms with E-state index in [0.29, 0.717) is 16.8 Å². The summed E-state index contributed by atoms with van der Waals surface area (Å²) in [6, 6.07) is 14.8. The van der Waals surface area contributed by atoms with Crippen LogP contribution in [-0.4, -0.2) is 34.9 Å². The summed E-state index contributed by atoms with van der Waals surface area (Å²) in [5.74, 6) is -0.294. The highest BCUT2D eigenvalue weighted by atomic mass is 32.1. The second-order valence-electron chi connectivity index (χ2n) is 8.63. The molecule has 0 spiro atoms. The van der Waals surface area contributed by atoms with Crippen molar-refractivity contribution in [3.8, 4) is 0 Å². The Bertz CT molecular complexity index is 926. The van der Waals surface area contributed by atoms with Crippen molar-refractivity contribution >= 4 is 34.8 Å². The molecule has 1 aliphatic rings. The molecular formula is C24H29N3O2S. The van der Waals surface area contributed by atoms with E-state index in [2.05, 4.69) is 31.4 Å². The fourth-order valence-electron chi connectivity index (χ4n) is 3.50. The second-order valence-corrected chi connectivity index (χ2v) is 9.04. The van der Waals surface area contributed by atoms with Gasteiger partial charge in [0.15, 0.2) is 5.11 Å². The first-order chi connectivity index (χ1) is 14.3. The molecule has 1 heterocycles. The average Bonchev–Trinajstić information content (AvgIpc) is 2.73. The van der Waals surface area contributed by atoms with E-state index in [1.165, 1.54) is 0 Å². The van der Waals surface area contributed by atoms with Gasteiger partial charge in [-0.05, 0) is 66.7 Å². The number of hydrogen-bond acceptors (Lipinski definition) is 3. The van der Waals surface area contributed by atoms with Crippen molar-refractivity contribution in [3.63, 3.8) is 0 Å². The Kier molecular flexibility index (Phi) is 6.87. The van der Waals surface area contributed by atoms with Crippen LogP contribution in [0.25, 0.3) is 0 Å². The Hall–Kier alpha value is -2.73. The summed E-state index contributed by atoms with van der Waals surface area (Å²) in [4.78, 5) is 27.3. The van der Waals surface area contributed by atoms with Gasteiger partial charge in [0.25, 0.3) is 11.8 Å². The summed E-state index contributed by atoms with van der Waals surface area (Å²) in [5.41, 5.74) is 2.87. The van der Waals surface area contributed by atoms with Gasteiger partial charge in [-0.3, -0.25) is 14.9 Å². The van der Waals surface area contributed by atoms with Crippen LogP contribution in [0.4, 0.5) is 5.69 Å². The first-order valence-electron chi connectivity index (χ1n) is 10.4. The van der Waals surface area contributed by atoms with Gasteiger partial charge >= 0.3 is 0 Å². The number of carbonyl (C=O) groups excluding carboxylic acids is 2. The summed E-state index contributed by atoms with van der Waals surface area (Å²) in [5, 5.41) is 5.89. The van der Waals surface area contributed by atoms with Crippen molar-refractivity contribution in [1.82, 2.24) is 10.2 Å². The van der Waals surface area contributed by atoms with E-state index in [0.717, 1.165) is 37.9 Å². The minimum atomic E-state index is -0.284. The number of likely N-dealkylation sites (tertiary alicyclic amines) is 1. The summed E-state index contributed by atoms with van der Waals surface area (Å²) in [7, 11) is 0. The Labute approximate surface area is 183 Å². The molecule has 0 aromatic heterocycles. The molecule has 1 saturated heterocycles. The first-order valence-corrected chi connectivity index (χ1v) is 10.8. The van der Waals surface area contributed by atoms with E-state index in [1.807, 2.05) is 29.2 Å². The molecule has 0 aliphatic carbocycles. The molecule has 5 nitrogen and oxygen atoms in total. The van der Waals surface area contributed by atoms with E-state index in [1.54, 1.807) is 24.3 Å². The van der Waals surface area contributed by atoms with Crippen molar-refractivity contribution in [1.29, 1.82) is 0 Å². The number of benzene rings is 2. The van der Waals surface area contributed by atoms with Gasteiger partial charge in [-0.1, -0.05) is 45.0 Å². The molecule has 0 radical (unpaired) electrons. The van der Waals surface area contributed by atoms with Crippen LogP contribution < -0.4 is 10.6 Å². The summed E-state index contributed by atoms with van der Waals surface area (Å²) in [6.45, 7) is 7.94. The molecule has 30 heavy (non-hydrogen) atoms. The van der Waals surface area contributed by atoms with E-state index in [9.17, 15) is 9.59 Å². The van der Waals surface area contributed by atoms with Crippen molar-refractivity contribution in [2.75, 3.05) is 18.4 Å². The predicted octanol–water partition coefficient (Wildman–Crippen LogP) is 4.74. The molecule has 2 aromatic carbocycles. The molecule has 2 amide bonds. The molecule has 0 unspecified atom stereocenters. The normalized spacial score (nSPS) is 14.2. The lowest BCUT2D eigenvalue weighted by atomic mass is 9.87. The number of nitrogens with one attached hydrogen (secondary N) is 2. The van der Waals surface area contributed by atoms with Crippen molar-refractivity contribution in [3.05, 3.63) is 65.2 Å². The smallest absolute Gasteiger partial charge is 0.257 e. The van der Waals surface area contributed by atoms with Crippen LogP contribution in [0.5, 0.6) is 0 Å². The fraction of sp³-hybridized carbons (Fsp3) is 0.375. The van der Waals surface area contributed by atoms with Crippen LogP contribution in [0.15, 0.2) is 48.5 Å². The lowest BCUT2D eigenvalue weighted by molar-refractivity contribution is 0.0725. The lowest BCUT2D eigenvalue weighted by Crippen LogP contribution is -2.37. The number of para-hydroxylation sites is 1. The molecule has 1 fully saturated rings. The predicted molar refractivity (Wildman–Crippen MR) is 125 cm³/mol. The summed E-state index contributed by atoms with van der Waals surface area (Å²) in [6.07, 6.45) is 3.23. The molecule has 158 valence electrons. The van der Waals surface area contributed by atoms with Gasteiger partial charge in [0, 0.05) is 18.7 Å². The number of hydrogen-bond donors (Lipinski definition) is 2. The largest absolute Gasteiger partial charge is 0.339 e. The van der Waals surface area contributed by atoms with Gasteiger partial charge in [-0.2, -0.15) is 0 Å². The Morgan fingerprint density at radius 3 is 2.20 bits per heavy atom. The molecular weight excluding hydrogens is 394 g/mol. The van der Waals surface area contributed by atoms with Gasteiger partial charge < -0.3 is 10.2 Å². The molecule has 6 heteroatoms. The zero-order valence-electron chi connectivity index (χ0n) is 17.8. The average molecular weight is 424 g/mol. The van der Waals surface area contributed by atoms with Gasteiger partial charge in [-0.15, -0.1) is 0 Å². The summed E-state index contributed by atoms with van der Waals surface area (Å²) < 4.78 is 0. The molecule has 0 atom stereocenters. The third-order valence-electron chi connectivity index (χ3n) is 5.29. The van der Waals surface area contributed by atoms with E-state index >= 15 is 0 Å². The highest BCUT2D eigenvalue weighted by Gasteiger charge is 2.21. The highest BCUT2D eigenvalue weighted by Crippen LogP contribution is 2.22. The van der Waals surface area contributed by atoms with Crippen molar-refractivity contribution < 1.29 is 9.59 Å². The van der Waals surface area contributed by atoms with Gasteiger partial charge in [-0.25, -0.2) is 0 Å². The minimum absolute atomic E-state index is 0.00954. The molecule has 2 aromatic rings. The van der Waals surface area contributed by atoms with Crippen LogP contribution in [0.2, 0.25) is 0 Å². The summed E-state index contributed by atoms with van der Waals surface area (Å²) >= 11 is 5.33. The zero-order valence-corrected chi connectivity index (χ0v) is 18.6. The molecule has 2 N–H and O–H groups in total. The molecule has 0 bridgehead atoms. The monoisotopic (exact) mass is 423 g/mol. The Morgan fingerprint density at radius 2 is 1.57 bits per heavy atom. The van der Waals surface area contributed by atoms with Crippen LogP contribution in [0, 0.1) is 0 Å². The number of nitrogens with zero attached hydrogens (tertiary/aromatic N) is 1. The Balaban J connectivity index is 1.66. The highest BCUT2D eigenvalue weighted by molar-refractivity contribution is 7.80. The number of carbonyl (C=O) groups is 2. The van der Waals surface area contributed by atoms with Crippen molar-refractivity contribution in [2.24, 2.45) is 0 Å². The molecule has 0 saturated carbocycles. The van der Waals surface area contributed by atoms with Crippen LogP contribution in [0.3, 0.4) is 0 Å². The first kappa shape index (κ1) is 22.0. The quantitative estimate of drug-likeness (QED) is 0.700. The maximum absolute atomic E-state index is 12.9. The number of amides is 2. The molecule has 1 aliphatic heterocycles. The maximum Gasteiger partial charge on any atom is 0.257 e. The maximum atomic E-state index is 12.9. The zero-order chi connectivity index (χ0) is 21.7. The van der Waals surface area contributed by atoms with Crippen molar-refractivity contribution in [2.45, 2.75) is 45.4 Å². The SMILES string of the molecule is CC(C)(C)c1ccc(C(=O)NC(=S)Nc2ccccc2C(=O)N2CCCCC2)cc1. The molecule has 3 rings (SSSR count). The van der Waals surface area contributed by atoms with Crippen LogP contribution in [-0.2, 0) is 5.41 Å². The number of thiocarbonyl (C=S) groups is 1. The lowest BCUT2D eigenvalue weighted by Gasteiger charge is -2.27. The topological polar surface area (TPSA) is 61.4 Å². The van der Waals surface area contributed by atoms with Gasteiger partial charge in [0.1, 0.15) is 0 Å². The minimum Gasteiger partial charge on any atom is -0.339 e. The third kappa shape index (κ3) is 5.45. The fourth-order valence-corrected chi connectivity index (χ4v) is 3.70. The van der Waals surface area contributed by atoms with Gasteiger partial charge in [0.2, 0.25) is 0 Å².